The molecular weight excluding hydrogens is 647 g/mol. The van der Waals surface area contributed by atoms with Crippen LogP contribution < -0.4 is 16.0 Å². The topological polar surface area (TPSA) is 199 Å². The SMILES string of the molecule is C[C@@H]1[C@@H]([Si](C)(C)O)[C@H](CCn2cc(CCO)nn2)O[C@@]12C(=O)N(Cc1ccc(NC(=O)c3ccc(N)cc3)cc1)c1ccc([N+](=O)[O-])cc12. The number of hydrogen-bond donors (Lipinski definition) is 4. The van der Waals surface area contributed by atoms with Gasteiger partial charge < -0.3 is 30.6 Å². The number of non-ortho nitro benzene ring substituents is 1. The van der Waals surface area contributed by atoms with E-state index in [1.165, 1.54) is 12.1 Å². The van der Waals surface area contributed by atoms with Crippen molar-refractivity contribution in [2.75, 3.05) is 22.6 Å². The summed E-state index contributed by atoms with van der Waals surface area (Å²) >= 11 is 0. The number of aliphatic hydroxyl groups excluding tert-OH is 1. The standard InChI is InChI=1S/C34H39N7O7Si/c1-21-31(49(2,3)47)30(14-16-39-20-26(15-17-42)37-38-39)48-34(21)28-18-27(41(45)46)12-13-29(28)40(33(34)44)19-22-4-10-25(11-5-22)36-32(43)23-6-8-24(35)9-7-23/h4-13,18,20-21,30-31,42,47H,14-17,19,35H2,1-3H3,(H,36,43)/t21-,30+,31-,34+/m1/s1. The molecule has 2 amide bonds. The third-order valence-corrected chi connectivity index (χ3v) is 12.0. The lowest BCUT2D eigenvalue weighted by Gasteiger charge is -2.32. The minimum atomic E-state index is -2.97. The van der Waals surface area contributed by atoms with Gasteiger partial charge in [0.05, 0.1) is 29.0 Å². The average Bonchev–Trinajstić information content (AvgIpc) is 3.71. The van der Waals surface area contributed by atoms with Gasteiger partial charge in [-0.15, -0.1) is 5.10 Å². The lowest BCUT2D eigenvalue weighted by atomic mass is 9.82. The Kier molecular flexibility index (Phi) is 9.11. The summed E-state index contributed by atoms with van der Waals surface area (Å²) in [6.45, 7) is 6.01. The highest BCUT2D eigenvalue weighted by atomic mass is 28.4. The summed E-state index contributed by atoms with van der Waals surface area (Å²) in [5.74, 6) is -1.15. The molecule has 2 aliphatic rings. The Morgan fingerprint density at radius 3 is 2.51 bits per heavy atom. The van der Waals surface area contributed by atoms with Gasteiger partial charge in [0.15, 0.2) is 13.9 Å². The number of nitro benzene ring substituents is 1. The molecule has 15 heteroatoms. The van der Waals surface area contributed by atoms with Gasteiger partial charge >= 0.3 is 0 Å². The first-order valence-electron chi connectivity index (χ1n) is 16.1. The number of aryl methyl sites for hydroxylation is 1. The quantitative estimate of drug-likeness (QED) is 0.0775. The monoisotopic (exact) mass is 685 g/mol. The minimum absolute atomic E-state index is 0.0494. The zero-order valence-corrected chi connectivity index (χ0v) is 28.4. The van der Waals surface area contributed by atoms with E-state index in [1.54, 1.807) is 70.4 Å². The maximum Gasteiger partial charge on any atom is 0.269 e. The number of nitrogens with zero attached hydrogens (tertiary/aromatic N) is 5. The van der Waals surface area contributed by atoms with Gasteiger partial charge in [-0.3, -0.25) is 24.4 Å². The summed E-state index contributed by atoms with van der Waals surface area (Å²) in [6.07, 6.45) is 1.99. The van der Waals surface area contributed by atoms with Crippen molar-refractivity contribution in [1.29, 1.82) is 0 Å². The molecule has 3 aromatic carbocycles. The van der Waals surface area contributed by atoms with Crippen molar-refractivity contribution in [1.82, 2.24) is 15.0 Å². The van der Waals surface area contributed by atoms with Crippen LogP contribution in [0.3, 0.4) is 0 Å². The molecule has 0 bridgehead atoms. The van der Waals surface area contributed by atoms with Crippen LogP contribution >= 0.6 is 0 Å². The molecule has 256 valence electrons. The Bertz CT molecular complexity index is 1880. The number of nitro groups is 1. The van der Waals surface area contributed by atoms with E-state index in [2.05, 4.69) is 15.6 Å². The lowest BCUT2D eigenvalue weighted by Crippen LogP contribution is -2.46. The van der Waals surface area contributed by atoms with Crippen molar-refractivity contribution in [3.8, 4) is 0 Å². The number of anilines is 3. The van der Waals surface area contributed by atoms with Crippen molar-refractivity contribution in [3.05, 3.63) is 105 Å². The van der Waals surface area contributed by atoms with E-state index in [0.717, 1.165) is 5.56 Å². The first kappa shape index (κ1) is 33.9. The summed E-state index contributed by atoms with van der Waals surface area (Å²) in [5.41, 5.74) is 7.53. The molecule has 1 fully saturated rings. The molecule has 2 aliphatic heterocycles. The van der Waals surface area contributed by atoms with Crippen molar-refractivity contribution in [2.45, 2.75) is 63.2 Å². The van der Waals surface area contributed by atoms with Crippen molar-refractivity contribution in [3.63, 3.8) is 0 Å². The number of aliphatic hydroxyl groups is 1. The van der Waals surface area contributed by atoms with Crippen LogP contribution in [0.2, 0.25) is 18.6 Å². The molecular formula is C34H39N7O7Si. The molecule has 6 rings (SSSR count). The van der Waals surface area contributed by atoms with E-state index in [-0.39, 0.29) is 36.2 Å². The Labute approximate surface area is 283 Å². The Hall–Kier alpha value is -4.96. The summed E-state index contributed by atoms with van der Waals surface area (Å²) in [7, 11) is -2.97. The number of rotatable bonds is 11. The van der Waals surface area contributed by atoms with Crippen molar-refractivity contribution < 1.29 is 29.2 Å². The highest BCUT2D eigenvalue weighted by Crippen LogP contribution is 2.60. The first-order valence-corrected chi connectivity index (χ1v) is 19.1. The molecule has 1 saturated heterocycles. The zero-order chi connectivity index (χ0) is 35.1. The average molecular weight is 686 g/mol. The van der Waals surface area contributed by atoms with Gasteiger partial charge in [0.25, 0.3) is 17.5 Å². The van der Waals surface area contributed by atoms with Crippen LogP contribution in [0, 0.1) is 16.0 Å². The summed E-state index contributed by atoms with van der Waals surface area (Å²) in [6, 6.07) is 18.1. The first-order chi connectivity index (χ1) is 23.3. The number of nitrogens with two attached hydrogens (primary N) is 1. The summed E-state index contributed by atoms with van der Waals surface area (Å²) in [5, 5.41) is 32.2. The molecule has 4 atom stereocenters. The van der Waals surface area contributed by atoms with E-state index in [0.29, 0.717) is 53.3 Å². The fourth-order valence-electron chi connectivity index (χ4n) is 7.26. The zero-order valence-electron chi connectivity index (χ0n) is 27.4. The second-order valence-corrected chi connectivity index (χ2v) is 17.2. The number of aromatic nitrogens is 3. The van der Waals surface area contributed by atoms with Gasteiger partial charge in [-0.1, -0.05) is 24.3 Å². The number of amides is 2. The molecule has 0 aliphatic carbocycles. The Balaban J connectivity index is 1.29. The number of benzene rings is 3. The summed E-state index contributed by atoms with van der Waals surface area (Å²) in [4.78, 5) is 51.9. The predicted octanol–water partition coefficient (Wildman–Crippen LogP) is 3.99. The molecule has 0 radical (unpaired) electrons. The number of ether oxygens (including phenoxy) is 1. The minimum Gasteiger partial charge on any atom is -0.432 e. The van der Waals surface area contributed by atoms with E-state index in [1.807, 2.05) is 20.0 Å². The van der Waals surface area contributed by atoms with Crippen molar-refractivity contribution in [2.24, 2.45) is 5.92 Å². The fraction of sp³-hybridized carbons (Fsp3) is 0.353. The Morgan fingerprint density at radius 1 is 1.14 bits per heavy atom. The van der Waals surface area contributed by atoms with E-state index in [4.69, 9.17) is 10.5 Å². The third-order valence-electron chi connectivity index (χ3n) is 9.50. The molecule has 0 unspecified atom stereocenters. The highest BCUT2D eigenvalue weighted by Gasteiger charge is 2.66. The number of carbonyl (C=O) groups is 2. The largest absolute Gasteiger partial charge is 0.432 e. The summed E-state index contributed by atoms with van der Waals surface area (Å²) < 4.78 is 8.44. The van der Waals surface area contributed by atoms with Crippen LogP contribution in [0.1, 0.15) is 40.5 Å². The smallest absolute Gasteiger partial charge is 0.269 e. The van der Waals surface area contributed by atoms with Gasteiger partial charge in [0, 0.05) is 71.9 Å². The number of hydrogen-bond acceptors (Lipinski definition) is 10. The van der Waals surface area contributed by atoms with Crippen LogP contribution in [0.4, 0.5) is 22.7 Å². The van der Waals surface area contributed by atoms with Gasteiger partial charge in [0.1, 0.15) is 0 Å². The van der Waals surface area contributed by atoms with Gasteiger partial charge in [-0.05, 0) is 67.5 Å². The van der Waals surface area contributed by atoms with E-state index < -0.39 is 30.9 Å². The van der Waals surface area contributed by atoms with Crippen LogP contribution in [-0.4, -0.2) is 62.7 Å². The maximum atomic E-state index is 14.7. The van der Waals surface area contributed by atoms with E-state index in [9.17, 15) is 29.6 Å². The predicted molar refractivity (Wildman–Crippen MR) is 184 cm³/mol. The maximum absolute atomic E-state index is 14.7. The lowest BCUT2D eigenvalue weighted by molar-refractivity contribution is -0.385. The van der Waals surface area contributed by atoms with Crippen LogP contribution in [0.15, 0.2) is 72.9 Å². The number of fused-ring (bicyclic) bond motifs is 2. The molecule has 4 aromatic rings. The molecule has 14 nitrogen and oxygen atoms in total. The van der Waals surface area contributed by atoms with Gasteiger partial charge in [-0.25, -0.2) is 0 Å². The van der Waals surface area contributed by atoms with Crippen LogP contribution in [-0.2, 0) is 34.6 Å². The molecule has 3 heterocycles. The molecule has 1 spiro atoms. The third kappa shape index (κ3) is 6.45. The molecule has 49 heavy (non-hydrogen) atoms. The molecule has 1 aromatic heterocycles. The van der Waals surface area contributed by atoms with E-state index >= 15 is 0 Å². The number of carbonyl (C=O) groups excluding carboxylic acids is 2. The van der Waals surface area contributed by atoms with Gasteiger partial charge in [0.2, 0.25) is 0 Å². The molecule has 5 N–H and O–H groups in total. The second-order valence-electron chi connectivity index (χ2n) is 13.2. The highest BCUT2D eigenvalue weighted by molar-refractivity contribution is 6.71. The van der Waals surface area contributed by atoms with Gasteiger partial charge in [-0.2, -0.15) is 0 Å². The molecule has 0 saturated carbocycles. The normalized spacial score (nSPS) is 21.7. The fourth-order valence-corrected chi connectivity index (χ4v) is 9.86. The number of nitrogens with one attached hydrogen (secondary N) is 1. The van der Waals surface area contributed by atoms with Crippen molar-refractivity contribution >= 4 is 42.9 Å². The second kappa shape index (κ2) is 13.2. The Morgan fingerprint density at radius 2 is 1.86 bits per heavy atom. The number of nitrogen functional groups attached to an aromatic ring is 1. The van der Waals surface area contributed by atoms with Crippen LogP contribution in [0.25, 0.3) is 0 Å². The van der Waals surface area contributed by atoms with Crippen LogP contribution in [0.5, 0.6) is 0 Å².